The van der Waals surface area contributed by atoms with Gasteiger partial charge in [-0.2, -0.15) is 0 Å². The van der Waals surface area contributed by atoms with Crippen molar-refractivity contribution in [2.75, 3.05) is 5.32 Å². The van der Waals surface area contributed by atoms with E-state index < -0.39 is 12.0 Å². The summed E-state index contributed by atoms with van der Waals surface area (Å²) >= 11 is 0. The highest BCUT2D eigenvalue weighted by atomic mass is 16.4. The molecule has 0 aromatic heterocycles. The van der Waals surface area contributed by atoms with Crippen LogP contribution >= 0.6 is 0 Å². The second-order valence-electron chi connectivity index (χ2n) is 6.22. The summed E-state index contributed by atoms with van der Waals surface area (Å²) in [4.78, 5) is 23.6. The van der Waals surface area contributed by atoms with Gasteiger partial charge in [0.15, 0.2) is 0 Å². The number of hydrogen-bond donors (Lipinski definition) is 3. The largest absolute Gasteiger partial charge is 0.480 e. The van der Waals surface area contributed by atoms with Crippen LogP contribution in [-0.4, -0.2) is 23.0 Å². The quantitative estimate of drug-likeness (QED) is 0.639. The fourth-order valence-corrected chi connectivity index (χ4v) is 2.81. The van der Waals surface area contributed by atoms with Gasteiger partial charge < -0.3 is 15.7 Å². The average molecular weight is 354 g/mol. The predicted molar refractivity (Wildman–Crippen MR) is 103 cm³/mol. The molecule has 0 spiro atoms. The van der Waals surface area contributed by atoms with E-state index in [4.69, 9.17) is 0 Å². The average Bonchev–Trinajstić information content (AvgIpc) is 2.66. The molecule has 0 radical (unpaired) electrons. The molecule has 0 saturated carbocycles. The molecule has 138 valence electrons. The Morgan fingerprint density at radius 3 is 2.54 bits per heavy atom. The number of amides is 1. The van der Waals surface area contributed by atoms with Crippen LogP contribution in [0, 0.1) is 0 Å². The van der Waals surface area contributed by atoms with E-state index in [2.05, 4.69) is 23.6 Å². The van der Waals surface area contributed by atoms with Crippen molar-refractivity contribution in [2.24, 2.45) is 0 Å². The summed E-state index contributed by atoms with van der Waals surface area (Å²) in [6, 6.07) is 14.5. The number of para-hydroxylation sites is 1. The van der Waals surface area contributed by atoms with Crippen LogP contribution in [0.1, 0.15) is 48.2 Å². The summed E-state index contributed by atoms with van der Waals surface area (Å²) < 4.78 is 0. The van der Waals surface area contributed by atoms with Gasteiger partial charge in [-0.1, -0.05) is 50.6 Å². The van der Waals surface area contributed by atoms with Crippen molar-refractivity contribution in [1.82, 2.24) is 5.32 Å². The highest BCUT2D eigenvalue weighted by Gasteiger charge is 2.19. The highest BCUT2D eigenvalue weighted by Crippen LogP contribution is 2.17. The maximum absolute atomic E-state index is 12.4. The molecule has 0 fully saturated rings. The van der Waals surface area contributed by atoms with Gasteiger partial charge >= 0.3 is 5.97 Å². The lowest BCUT2D eigenvalue weighted by Gasteiger charge is -2.14. The van der Waals surface area contributed by atoms with Crippen LogP contribution in [0.25, 0.3) is 0 Å². The first-order chi connectivity index (χ1) is 12.5. The molecule has 0 aliphatic heterocycles. The van der Waals surface area contributed by atoms with Gasteiger partial charge in [-0.25, -0.2) is 4.79 Å². The zero-order valence-corrected chi connectivity index (χ0v) is 15.3. The van der Waals surface area contributed by atoms with E-state index in [0.29, 0.717) is 24.9 Å². The second-order valence-corrected chi connectivity index (χ2v) is 6.22. The first-order valence-corrected chi connectivity index (χ1v) is 8.99. The van der Waals surface area contributed by atoms with Crippen molar-refractivity contribution in [3.8, 4) is 0 Å². The number of carbonyl (C=O) groups is 2. The fourth-order valence-electron chi connectivity index (χ4n) is 2.81. The maximum Gasteiger partial charge on any atom is 0.326 e. The molecule has 0 heterocycles. The lowest BCUT2D eigenvalue weighted by atomic mass is 10.1. The minimum atomic E-state index is -1.01. The number of carboxylic acids is 1. The molecule has 2 rings (SSSR count). The molecule has 3 N–H and O–H groups in total. The van der Waals surface area contributed by atoms with Crippen molar-refractivity contribution in [3.05, 3.63) is 65.2 Å². The van der Waals surface area contributed by atoms with Gasteiger partial charge in [-0.3, -0.25) is 4.79 Å². The molecule has 0 aliphatic rings. The number of aryl methyl sites for hydroxylation is 1. The normalized spacial score (nSPS) is 11.6. The Kier molecular flexibility index (Phi) is 7.21. The van der Waals surface area contributed by atoms with E-state index in [1.54, 1.807) is 12.1 Å². The third-order valence-corrected chi connectivity index (χ3v) is 4.25. The first-order valence-electron chi connectivity index (χ1n) is 8.99. The Morgan fingerprint density at radius 2 is 1.85 bits per heavy atom. The number of carbonyl (C=O) groups excluding carboxylic acids is 1. The Hall–Kier alpha value is -2.82. The third-order valence-electron chi connectivity index (χ3n) is 4.25. The lowest BCUT2D eigenvalue weighted by molar-refractivity contribution is -0.139. The molecule has 0 aliphatic carbocycles. The summed E-state index contributed by atoms with van der Waals surface area (Å²) in [7, 11) is 0. The lowest BCUT2D eigenvalue weighted by Crippen LogP contribution is -2.40. The van der Waals surface area contributed by atoms with Crippen molar-refractivity contribution in [2.45, 2.75) is 45.7 Å². The second kappa shape index (κ2) is 9.61. The third kappa shape index (κ3) is 5.34. The number of rotatable bonds is 9. The minimum absolute atomic E-state index is 0.360. The van der Waals surface area contributed by atoms with Crippen LogP contribution in [0.4, 0.5) is 5.69 Å². The van der Waals surface area contributed by atoms with E-state index >= 15 is 0 Å². The predicted octanol–water partition coefficient (Wildman–Crippen LogP) is 3.84. The van der Waals surface area contributed by atoms with Crippen molar-refractivity contribution >= 4 is 17.6 Å². The Balaban J connectivity index is 2.05. The summed E-state index contributed by atoms with van der Waals surface area (Å²) in [5, 5.41) is 15.2. The number of carboxylic acid groups (broad SMARTS) is 1. The molecule has 2 aromatic carbocycles. The van der Waals surface area contributed by atoms with Gasteiger partial charge in [0.05, 0.1) is 0 Å². The van der Waals surface area contributed by atoms with E-state index in [1.165, 1.54) is 5.56 Å². The molecule has 0 saturated heterocycles. The maximum atomic E-state index is 12.4. The van der Waals surface area contributed by atoms with Crippen LogP contribution in [0.5, 0.6) is 0 Å². The van der Waals surface area contributed by atoms with Crippen LogP contribution in [0.2, 0.25) is 0 Å². The molecule has 1 amide bonds. The minimum Gasteiger partial charge on any atom is -0.480 e. The molecular formula is C21H26N2O3. The van der Waals surface area contributed by atoms with Gasteiger partial charge in [0.2, 0.25) is 0 Å². The topological polar surface area (TPSA) is 78.4 Å². The Labute approximate surface area is 154 Å². The number of benzene rings is 2. The molecule has 26 heavy (non-hydrogen) atoms. The van der Waals surface area contributed by atoms with Gasteiger partial charge in [0.1, 0.15) is 6.04 Å². The van der Waals surface area contributed by atoms with Crippen LogP contribution in [0.15, 0.2) is 48.5 Å². The highest BCUT2D eigenvalue weighted by molar-refractivity contribution is 5.96. The number of anilines is 1. The molecule has 0 bridgehead atoms. The molecule has 5 nitrogen and oxygen atoms in total. The van der Waals surface area contributed by atoms with Crippen molar-refractivity contribution in [3.63, 3.8) is 0 Å². The van der Waals surface area contributed by atoms with Crippen LogP contribution in [-0.2, 0) is 17.8 Å². The van der Waals surface area contributed by atoms with Gasteiger partial charge in [-0.05, 0) is 42.2 Å². The van der Waals surface area contributed by atoms with Crippen LogP contribution in [0.3, 0.4) is 0 Å². The smallest absolute Gasteiger partial charge is 0.326 e. The number of aliphatic carboxylic acids is 1. The number of hydrogen-bond acceptors (Lipinski definition) is 3. The molecule has 1 atom stereocenters. The zero-order chi connectivity index (χ0) is 18.9. The fraction of sp³-hybridized carbons (Fsp3) is 0.333. The Morgan fingerprint density at radius 1 is 1.08 bits per heavy atom. The summed E-state index contributed by atoms with van der Waals surface area (Å²) in [5.41, 5.74) is 3.75. The van der Waals surface area contributed by atoms with Crippen molar-refractivity contribution < 1.29 is 14.7 Å². The zero-order valence-electron chi connectivity index (χ0n) is 15.3. The summed E-state index contributed by atoms with van der Waals surface area (Å²) in [5.74, 6) is -1.36. The summed E-state index contributed by atoms with van der Waals surface area (Å²) in [6.45, 7) is 4.60. The van der Waals surface area contributed by atoms with Crippen LogP contribution < -0.4 is 10.6 Å². The van der Waals surface area contributed by atoms with E-state index in [1.807, 2.05) is 37.3 Å². The van der Waals surface area contributed by atoms with Gasteiger partial charge in [0, 0.05) is 17.8 Å². The van der Waals surface area contributed by atoms with E-state index in [-0.39, 0.29) is 5.91 Å². The van der Waals surface area contributed by atoms with Crippen molar-refractivity contribution in [1.29, 1.82) is 0 Å². The van der Waals surface area contributed by atoms with Gasteiger partial charge in [-0.15, -0.1) is 0 Å². The molecule has 5 heteroatoms. The summed E-state index contributed by atoms with van der Waals surface area (Å²) in [6.07, 6.45) is 2.05. The monoisotopic (exact) mass is 354 g/mol. The molecular weight excluding hydrogens is 328 g/mol. The Bertz CT molecular complexity index is 758. The number of nitrogens with one attached hydrogen (secondary N) is 2. The first kappa shape index (κ1) is 19.5. The van der Waals surface area contributed by atoms with E-state index in [9.17, 15) is 14.7 Å². The molecule has 2 aromatic rings. The van der Waals surface area contributed by atoms with Gasteiger partial charge in [0.25, 0.3) is 5.91 Å². The van der Waals surface area contributed by atoms with E-state index in [0.717, 1.165) is 17.7 Å². The standard InChI is InChI=1S/C21H26N2O3/c1-3-8-19(21(25)26)23-20(24)17-11-7-9-15(13-17)14-22-18-12-6-5-10-16(18)4-2/h5-7,9-13,19,22H,3-4,8,14H2,1-2H3,(H,23,24)(H,25,26). The SMILES string of the molecule is CCCC(NC(=O)c1cccc(CNc2ccccc2CC)c1)C(=O)O. The molecule has 1 unspecified atom stereocenters.